The minimum Gasteiger partial charge on any atom is -0.480 e. The lowest BCUT2D eigenvalue weighted by Gasteiger charge is -2.13. The largest absolute Gasteiger partial charge is 0.480 e. The number of aliphatic carboxylic acids is 1. The Morgan fingerprint density at radius 3 is 2.24 bits per heavy atom. The van der Waals surface area contributed by atoms with Crippen LogP contribution < -0.4 is 5.32 Å². The van der Waals surface area contributed by atoms with Crippen LogP contribution in [-0.4, -0.2) is 42.4 Å². The highest BCUT2D eigenvalue weighted by Gasteiger charge is 2.30. The van der Waals surface area contributed by atoms with Gasteiger partial charge in [0.15, 0.2) is 15.1 Å². The molecule has 17 heavy (non-hydrogen) atoms. The Balaban J connectivity index is 4.43. The Kier molecular flexibility index (Phi) is 6.15. The zero-order chi connectivity index (χ0) is 13.6. The van der Waals surface area contributed by atoms with Gasteiger partial charge < -0.3 is 10.4 Å². The van der Waals surface area contributed by atoms with Gasteiger partial charge in [0.1, 0.15) is 5.75 Å². The fraction of sp³-hybridized carbons (Fsp3) is 0.800. The quantitative estimate of drug-likeness (QED) is 0.684. The molecule has 2 N–H and O–H groups in total. The van der Waals surface area contributed by atoms with Crippen LogP contribution in [0.1, 0.15) is 33.6 Å². The van der Waals surface area contributed by atoms with Gasteiger partial charge in [-0.15, -0.1) is 0 Å². The number of sulfone groups is 1. The second-order valence-electron chi connectivity index (χ2n) is 4.04. The van der Waals surface area contributed by atoms with E-state index in [0.29, 0.717) is 0 Å². The molecule has 0 rings (SSSR count). The Bertz CT molecular complexity index is 376. The van der Waals surface area contributed by atoms with Crippen LogP contribution >= 0.6 is 0 Å². The summed E-state index contributed by atoms with van der Waals surface area (Å²) < 4.78 is 23.0. The monoisotopic (exact) mass is 265 g/mol. The van der Waals surface area contributed by atoms with Crippen molar-refractivity contribution in [2.45, 2.75) is 44.9 Å². The lowest BCUT2D eigenvalue weighted by atomic mass is 10.2. The SMILES string of the molecule is CCCC(C)NC(=O)CS(=O)(=O)C(C)C(=O)O. The van der Waals surface area contributed by atoms with Crippen molar-refractivity contribution in [2.24, 2.45) is 0 Å². The number of carboxylic acid groups (broad SMARTS) is 1. The van der Waals surface area contributed by atoms with E-state index in [0.717, 1.165) is 19.8 Å². The second-order valence-corrected chi connectivity index (χ2v) is 6.37. The van der Waals surface area contributed by atoms with Crippen molar-refractivity contribution in [3.05, 3.63) is 0 Å². The molecule has 0 bridgehead atoms. The number of amides is 1. The Morgan fingerprint density at radius 1 is 1.29 bits per heavy atom. The maximum Gasteiger partial charge on any atom is 0.321 e. The minimum absolute atomic E-state index is 0.108. The predicted molar refractivity (Wildman–Crippen MR) is 63.4 cm³/mol. The van der Waals surface area contributed by atoms with Crippen molar-refractivity contribution >= 4 is 21.7 Å². The van der Waals surface area contributed by atoms with E-state index in [1.807, 2.05) is 6.92 Å². The maximum atomic E-state index is 11.5. The highest BCUT2D eigenvalue weighted by Crippen LogP contribution is 2.03. The van der Waals surface area contributed by atoms with Crippen molar-refractivity contribution in [3.63, 3.8) is 0 Å². The van der Waals surface area contributed by atoms with E-state index in [1.54, 1.807) is 6.92 Å². The molecular weight excluding hydrogens is 246 g/mol. The molecule has 0 saturated heterocycles. The molecule has 7 heteroatoms. The number of rotatable bonds is 7. The maximum absolute atomic E-state index is 11.5. The Morgan fingerprint density at radius 2 is 1.82 bits per heavy atom. The molecule has 0 aromatic rings. The molecule has 0 heterocycles. The van der Waals surface area contributed by atoms with Gasteiger partial charge in [-0.25, -0.2) is 8.42 Å². The summed E-state index contributed by atoms with van der Waals surface area (Å²) in [6, 6.07) is -0.108. The molecule has 2 unspecified atom stereocenters. The molecule has 0 aliphatic carbocycles. The summed E-state index contributed by atoms with van der Waals surface area (Å²) >= 11 is 0. The summed E-state index contributed by atoms with van der Waals surface area (Å²) in [7, 11) is -3.93. The Hall–Kier alpha value is -1.11. The molecule has 1 amide bonds. The van der Waals surface area contributed by atoms with E-state index in [2.05, 4.69) is 5.32 Å². The van der Waals surface area contributed by atoms with Crippen molar-refractivity contribution in [3.8, 4) is 0 Å². The Labute approximate surface area is 101 Å². The first-order valence-electron chi connectivity index (χ1n) is 5.44. The van der Waals surface area contributed by atoms with Gasteiger partial charge in [0.2, 0.25) is 5.91 Å². The normalized spacial score (nSPS) is 15.0. The molecule has 0 fully saturated rings. The summed E-state index contributed by atoms with van der Waals surface area (Å²) in [4.78, 5) is 21.9. The molecule has 0 spiro atoms. The first-order valence-corrected chi connectivity index (χ1v) is 7.16. The van der Waals surface area contributed by atoms with E-state index in [1.165, 1.54) is 0 Å². The summed E-state index contributed by atoms with van der Waals surface area (Å²) in [5.74, 6) is -2.88. The van der Waals surface area contributed by atoms with Gasteiger partial charge in [-0.05, 0) is 20.3 Å². The molecule has 2 atom stereocenters. The molecule has 0 aromatic heterocycles. The molecule has 0 saturated carbocycles. The minimum atomic E-state index is -3.93. The van der Waals surface area contributed by atoms with Gasteiger partial charge in [0, 0.05) is 6.04 Å². The molecule has 100 valence electrons. The van der Waals surface area contributed by atoms with Crippen molar-refractivity contribution in [2.75, 3.05) is 5.75 Å². The fourth-order valence-corrected chi connectivity index (χ4v) is 2.29. The van der Waals surface area contributed by atoms with E-state index in [-0.39, 0.29) is 6.04 Å². The zero-order valence-corrected chi connectivity index (χ0v) is 11.1. The highest BCUT2D eigenvalue weighted by molar-refractivity contribution is 7.93. The molecule has 0 radical (unpaired) electrons. The third-order valence-corrected chi connectivity index (χ3v) is 4.29. The summed E-state index contributed by atoms with van der Waals surface area (Å²) in [5.41, 5.74) is 0. The van der Waals surface area contributed by atoms with Crippen LogP contribution in [0, 0.1) is 0 Å². The molecule has 0 aliphatic rings. The van der Waals surface area contributed by atoms with Gasteiger partial charge in [-0.1, -0.05) is 13.3 Å². The predicted octanol–water partition coefficient (Wildman–Crippen LogP) is 0.179. The van der Waals surface area contributed by atoms with Crippen LogP contribution in [0.4, 0.5) is 0 Å². The smallest absolute Gasteiger partial charge is 0.321 e. The van der Waals surface area contributed by atoms with Crippen LogP contribution in [0.3, 0.4) is 0 Å². The number of carboxylic acids is 1. The summed E-state index contributed by atoms with van der Waals surface area (Å²) in [6.45, 7) is 4.78. The number of hydrogen-bond donors (Lipinski definition) is 2. The average Bonchev–Trinajstić information content (AvgIpc) is 2.15. The standard InChI is InChI=1S/C10H19NO5S/c1-4-5-7(2)11-9(12)6-17(15,16)8(3)10(13)14/h7-8H,4-6H2,1-3H3,(H,11,12)(H,13,14). The van der Waals surface area contributed by atoms with E-state index in [4.69, 9.17) is 5.11 Å². The van der Waals surface area contributed by atoms with Crippen LogP contribution in [0.15, 0.2) is 0 Å². The summed E-state index contributed by atoms with van der Waals surface area (Å²) in [6.07, 6.45) is 1.62. The highest BCUT2D eigenvalue weighted by atomic mass is 32.2. The van der Waals surface area contributed by atoms with Crippen molar-refractivity contribution in [1.82, 2.24) is 5.32 Å². The topological polar surface area (TPSA) is 101 Å². The van der Waals surface area contributed by atoms with Crippen LogP contribution in [0.25, 0.3) is 0 Å². The van der Waals surface area contributed by atoms with Crippen LogP contribution in [0.2, 0.25) is 0 Å². The van der Waals surface area contributed by atoms with Gasteiger partial charge in [-0.2, -0.15) is 0 Å². The lowest BCUT2D eigenvalue weighted by Crippen LogP contribution is -2.40. The lowest BCUT2D eigenvalue weighted by molar-refractivity contribution is -0.136. The van der Waals surface area contributed by atoms with Gasteiger partial charge >= 0.3 is 5.97 Å². The van der Waals surface area contributed by atoms with Gasteiger partial charge in [-0.3, -0.25) is 9.59 Å². The number of nitrogens with one attached hydrogen (secondary N) is 1. The molecule has 0 aliphatic heterocycles. The zero-order valence-electron chi connectivity index (χ0n) is 10.3. The van der Waals surface area contributed by atoms with E-state index in [9.17, 15) is 18.0 Å². The van der Waals surface area contributed by atoms with Crippen molar-refractivity contribution < 1.29 is 23.1 Å². The number of carbonyl (C=O) groups is 2. The third-order valence-electron chi connectivity index (χ3n) is 2.35. The van der Waals surface area contributed by atoms with Crippen LogP contribution in [-0.2, 0) is 19.4 Å². The number of hydrogen-bond acceptors (Lipinski definition) is 4. The number of carbonyl (C=O) groups excluding carboxylic acids is 1. The second kappa shape index (κ2) is 6.58. The first-order chi connectivity index (χ1) is 7.70. The van der Waals surface area contributed by atoms with Gasteiger partial charge in [0.05, 0.1) is 0 Å². The molecule has 0 aromatic carbocycles. The third kappa shape index (κ3) is 5.67. The first kappa shape index (κ1) is 15.9. The molecule has 6 nitrogen and oxygen atoms in total. The summed E-state index contributed by atoms with van der Waals surface area (Å²) in [5, 5.41) is 9.54. The van der Waals surface area contributed by atoms with E-state index >= 15 is 0 Å². The fourth-order valence-electron chi connectivity index (χ4n) is 1.28. The van der Waals surface area contributed by atoms with Gasteiger partial charge in [0.25, 0.3) is 0 Å². The van der Waals surface area contributed by atoms with Crippen molar-refractivity contribution in [1.29, 1.82) is 0 Å². The van der Waals surface area contributed by atoms with E-state index < -0.39 is 32.7 Å². The molecular formula is C10H19NO5S. The average molecular weight is 265 g/mol. The van der Waals surface area contributed by atoms with Crippen LogP contribution in [0.5, 0.6) is 0 Å².